The fraction of sp³-hybridized carbons (Fsp3) is 0.211. The predicted molar refractivity (Wildman–Crippen MR) is 97.1 cm³/mol. The van der Waals surface area contributed by atoms with Gasteiger partial charge in [-0.2, -0.15) is 0 Å². The SMILES string of the molecule is COc1cccc(C(=O)NCCc2c(C)[nH]c3ccc(Cl)cc23)c1. The first-order valence-corrected chi connectivity index (χ1v) is 8.15. The lowest BCUT2D eigenvalue weighted by atomic mass is 10.1. The molecule has 0 aliphatic carbocycles. The normalized spacial score (nSPS) is 10.8. The Morgan fingerprint density at radius 2 is 2.08 bits per heavy atom. The summed E-state index contributed by atoms with van der Waals surface area (Å²) in [6.45, 7) is 2.59. The summed E-state index contributed by atoms with van der Waals surface area (Å²) in [6, 6.07) is 12.9. The molecule has 4 nitrogen and oxygen atoms in total. The van der Waals surface area contributed by atoms with E-state index in [0.717, 1.165) is 23.0 Å². The second kappa shape index (κ2) is 6.97. The highest BCUT2D eigenvalue weighted by Gasteiger charge is 2.10. The van der Waals surface area contributed by atoms with Crippen LogP contribution in [0.3, 0.4) is 0 Å². The number of aryl methyl sites for hydroxylation is 1. The molecule has 0 radical (unpaired) electrons. The van der Waals surface area contributed by atoms with Crippen molar-refractivity contribution in [2.45, 2.75) is 13.3 Å². The molecule has 0 atom stereocenters. The quantitative estimate of drug-likeness (QED) is 0.733. The highest BCUT2D eigenvalue weighted by atomic mass is 35.5. The van der Waals surface area contributed by atoms with Gasteiger partial charge in [0, 0.05) is 33.7 Å². The molecular formula is C19H19ClN2O2. The fourth-order valence-corrected chi connectivity index (χ4v) is 3.02. The van der Waals surface area contributed by atoms with Gasteiger partial charge in [-0.15, -0.1) is 0 Å². The molecule has 0 saturated carbocycles. The van der Waals surface area contributed by atoms with Crippen molar-refractivity contribution in [2.75, 3.05) is 13.7 Å². The largest absolute Gasteiger partial charge is 0.497 e. The van der Waals surface area contributed by atoms with E-state index in [4.69, 9.17) is 16.3 Å². The summed E-state index contributed by atoms with van der Waals surface area (Å²) in [5.41, 5.74) is 3.93. The molecule has 0 unspecified atom stereocenters. The summed E-state index contributed by atoms with van der Waals surface area (Å²) < 4.78 is 5.15. The molecule has 5 heteroatoms. The van der Waals surface area contributed by atoms with Crippen molar-refractivity contribution in [2.24, 2.45) is 0 Å². The average molecular weight is 343 g/mol. The molecule has 0 fully saturated rings. The number of carbonyl (C=O) groups is 1. The van der Waals surface area contributed by atoms with Crippen molar-refractivity contribution in [1.82, 2.24) is 10.3 Å². The summed E-state index contributed by atoms with van der Waals surface area (Å²) >= 11 is 6.10. The molecule has 1 amide bonds. The van der Waals surface area contributed by atoms with Crippen LogP contribution >= 0.6 is 11.6 Å². The number of hydrogen-bond donors (Lipinski definition) is 2. The number of H-pyrrole nitrogens is 1. The molecule has 1 aromatic heterocycles. The van der Waals surface area contributed by atoms with E-state index in [1.54, 1.807) is 25.3 Å². The number of amides is 1. The number of hydrogen-bond acceptors (Lipinski definition) is 2. The summed E-state index contributed by atoms with van der Waals surface area (Å²) in [7, 11) is 1.59. The number of fused-ring (bicyclic) bond motifs is 1. The van der Waals surface area contributed by atoms with Crippen LogP contribution in [0.4, 0.5) is 0 Å². The van der Waals surface area contributed by atoms with Gasteiger partial charge in [-0.25, -0.2) is 0 Å². The van der Waals surface area contributed by atoms with Crippen LogP contribution in [0.25, 0.3) is 10.9 Å². The summed E-state index contributed by atoms with van der Waals surface area (Å²) in [6.07, 6.45) is 0.738. The Balaban J connectivity index is 1.69. The number of rotatable bonds is 5. The highest BCUT2D eigenvalue weighted by Crippen LogP contribution is 2.25. The maximum absolute atomic E-state index is 12.2. The first kappa shape index (κ1) is 16.4. The molecule has 0 aliphatic heterocycles. The second-order valence-electron chi connectivity index (χ2n) is 5.66. The number of ether oxygens (including phenoxy) is 1. The van der Waals surface area contributed by atoms with E-state index in [2.05, 4.69) is 10.3 Å². The van der Waals surface area contributed by atoms with Gasteiger partial charge in [-0.05, 0) is 55.3 Å². The summed E-state index contributed by atoms with van der Waals surface area (Å²) in [4.78, 5) is 15.6. The van der Waals surface area contributed by atoms with Gasteiger partial charge in [0.15, 0.2) is 0 Å². The second-order valence-corrected chi connectivity index (χ2v) is 6.09. The third-order valence-electron chi connectivity index (χ3n) is 4.07. The van der Waals surface area contributed by atoms with Crippen LogP contribution in [0.2, 0.25) is 5.02 Å². The van der Waals surface area contributed by atoms with Crippen LogP contribution in [-0.2, 0) is 6.42 Å². The Morgan fingerprint density at radius 3 is 2.88 bits per heavy atom. The third-order valence-corrected chi connectivity index (χ3v) is 4.31. The Kier molecular flexibility index (Phi) is 4.76. The minimum Gasteiger partial charge on any atom is -0.497 e. The molecule has 2 aromatic carbocycles. The first-order valence-electron chi connectivity index (χ1n) is 7.77. The van der Waals surface area contributed by atoms with Gasteiger partial charge in [0.2, 0.25) is 0 Å². The summed E-state index contributed by atoms with van der Waals surface area (Å²) in [5, 5.41) is 4.77. The monoisotopic (exact) mass is 342 g/mol. The Labute approximate surface area is 145 Å². The van der Waals surface area contributed by atoms with Crippen molar-refractivity contribution in [3.8, 4) is 5.75 Å². The number of benzene rings is 2. The third kappa shape index (κ3) is 3.39. The number of methoxy groups -OCH3 is 1. The molecule has 1 heterocycles. The van der Waals surface area contributed by atoms with E-state index >= 15 is 0 Å². The van der Waals surface area contributed by atoms with Crippen molar-refractivity contribution in [3.05, 3.63) is 64.3 Å². The zero-order valence-corrected chi connectivity index (χ0v) is 14.4. The molecule has 0 aliphatic rings. The molecule has 3 rings (SSSR count). The van der Waals surface area contributed by atoms with Gasteiger partial charge in [0.25, 0.3) is 5.91 Å². The maximum atomic E-state index is 12.2. The summed E-state index contributed by atoms with van der Waals surface area (Å²) in [5.74, 6) is 0.564. The van der Waals surface area contributed by atoms with E-state index in [1.807, 2.05) is 31.2 Å². The van der Waals surface area contributed by atoms with E-state index in [-0.39, 0.29) is 5.91 Å². The van der Waals surface area contributed by atoms with E-state index in [1.165, 1.54) is 5.56 Å². The minimum atomic E-state index is -0.107. The van der Waals surface area contributed by atoms with Crippen LogP contribution in [0.1, 0.15) is 21.6 Å². The molecule has 24 heavy (non-hydrogen) atoms. The van der Waals surface area contributed by atoms with E-state index in [0.29, 0.717) is 22.9 Å². The van der Waals surface area contributed by atoms with Crippen LogP contribution in [0.15, 0.2) is 42.5 Å². The first-order chi connectivity index (χ1) is 11.6. The lowest BCUT2D eigenvalue weighted by Crippen LogP contribution is -2.25. The highest BCUT2D eigenvalue weighted by molar-refractivity contribution is 6.31. The van der Waals surface area contributed by atoms with Gasteiger partial charge in [0.05, 0.1) is 7.11 Å². The number of carbonyl (C=O) groups excluding carboxylic acids is 1. The molecular weight excluding hydrogens is 324 g/mol. The number of nitrogens with one attached hydrogen (secondary N) is 2. The standard InChI is InChI=1S/C19H19ClN2O2/c1-12-16(17-11-14(20)6-7-18(17)22-12)8-9-21-19(23)13-4-3-5-15(10-13)24-2/h3-7,10-11,22H,8-9H2,1-2H3,(H,21,23). The van der Waals surface area contributed by atoms with Crippen LogP contribution in [0.5, 0.6) is 5.75 Å². The van der Waals surface area contributed by atoms with E-state index in [9.17, 15) is 4.79 Å². The van der Waals surface area contributed by atoms with Gasteiger partial charge >= 0.3 is 0 Å². The molecule has 0 bridgehead atoms. The molecule has 2 N–H and O–H groups in total. The number of aromatic amines is 1. The number of aromatic nitrogens is 1. The van der Waals surface area contributed by atoms with Crippen molar-refractivity contribution >= 4 is 28.4 Å². The van der Waals surface area contributed by atoms with Crippen LogP contribution in [0, 0.1) is 6.92 Å². The zero-order chi connectivity index (χ0) is 17.1. The molecule has 0 spiro atoms. The maximum Gasteiger partial charge on any atom is 0.251 e. The van der Waals surface area contributed by atoms with Gasteiger partial charge in [-0.1, -0.05) is 17.7 Å². The van der Waals surface area contributed by atoms with Crippen LogP contribution in [-0.4, -0.2) is 24.5 Å². The Morgan fingerprint density at radius 1 is 1.25 bits per heavy atom. The lowest BCUT2D eigenvalue weighted by molar-refractivity contribution is 0.0954. The lowest BCUT2D eigenvalue weighted by Gasteiger charge is -2.07. The van der Waals surface area contributed by atoms with Crippen molar-refractivity contribution < 1.29 is 9.53 Å². The minimum absolute atomic E-state index is 0.107. The smallest absolute Gasteiger partial charge is 0.251 e. The van der Waals surface area contributed by atoms with E-state index < -0.39 is 0 Å². The van der Waals surface area contributed by atoms with Gasteiger partial charge in [-0.3, -0.25) is 4.79 Å². The topological polar surface area (TPSA) is 54.1 Å². The molecule has 124 valence electrons. The molecule has 0 saturated heterocycles. The van der Waals surface area contributed by atoms with Gasteiger partial charge in [0.1, 0.15) is 5.75 Å². The Bertz CT molecular complexity index is 886. The zero-order valence-electron chi connectivity index (χ0n) is 13.7. The average Bonchev–Trinajstić information content (AvgIpc) is 2.90. The fourth-order valence-electron chi connectivity index (χ4n) is 2.84. The number of halogens is 1. The van der Waals surface area contributed by atoms with Crippen molar-refractivity contribution in [3.63, 3.8) is 0 Å². The predicted octanol–water partition coefficient (Wildman–Crippen LogP) is 4.11. The Hall–Kier alpha value is -2.46. The van der Waals surface area contributed by atoms with Crippen LogP contribution < -0.4 is 10.1 Å². The van der Waals surface area contributed by atoms with Crippen molar-refractivity contribution in [1.29, 1.82) is 0 Å². The molecule has 3 aromatic rings. The van der Waals surface area contributed by atoms with Gasteiger partial charge < -0.3 is 15.0 Å².